The number of halogens is 3. The molecule has 114 valence electrons. The van der Waals surface area contributed by atoms with Gasteiger partial charge in [0.15, 0.2) is 6.61 Å². The van der Waals surface area contributed by atoms with Crippen LogP contribution >= 0.6 is 22.6 Å². The Morgan fingerprint density at radius 1 is 1.09 bits per heavy atom. The molecule has 4 nitrogen and oxygen atoms in total. The highest BCUT2D eigenvalue weighted by atomic mass is 127. The monoisotopic (exact) mass is 417 g/mol. The zero-order valence-corrected chi connectivity index (χ0v) is 13.3. The van der Waals surface area contributed by atoms with E-state index in [0.717, 1.165) is 15.7 Å². The van der Waals surface area contributed by atoms with E-state index < -0.39 is 30.1 Å². The van der Waals surface area contributed by atoms with Crippen molar-refractivity contribution in [2.45, 2.75) is 0 Å². The lowest BCUT2D eigenvalue weighted by molar-refractivity contribution is -0.119. The number of benzene rings is 2. The smallest absolute Gasteiger partial charge is 0.338 e. The summed E-state index contributed by atoms with van der Waals surface area (Å²) in [5.41, 5.74) is 0.268. The maximum absolute atomic E-state index is 13.0. The predicted octanol–water partition coefficient (Wildman–Crippen LogP) is 3.36. The minimum Gasteiger partial charge on any atom is -0.452 e. The van der Waals surface area contributed by atoms with Crippen LogP contribution in [-0.4, -0.2) is 18.5 Å². The van der Waals surface area contributed by atoms with E-state index in [0.29, 0.717) is 11.8 Å². The highest BCUT2D eigenvalue weighted by Gasteiger charge is 2.13. The molecule has 0 fully saturated rings. The van der Waals surface area contributed by atoms with Gasteiger partial charge in [-0.05, 0) is 52.9 Å². The van der Waals surface area contributed by atoms with E-state index in [2.05, 4.69) is 27.9 Å². The van der Waals surface area contributed by atoms with Crippen molar-refractivity contribution >= 4 is 40.2 Å². The van der Waals surface area contributed by atoms with Crippen molar-refractivity contribution in [1.29, 1.82) is 0 Å². The molecule has 22 heavy (non-hydrogen) atoms. The van der Waals surface area contributed by atoms with Gasteiger partial charge in [-0.2, -0.15) is 0 Å². The third-order valence-electron chi connectivity index (χ3n) is 2.54. The molecule has 1 N–H and O–H groups in total. The quantitative estimate of drug-likeness (QED) is 0.614. The molecule has 0 aromatic heterocycles. The summed E-state index contributed by atoms with van der Waals surface area (Å²) in [6, 6.07) is 9.35. The van der Waals surface area contributed by atoms with Gasteiger partial charge in [0.05, 0.1) is 5.56 Å². The Morgan fingerprint density at radius 3 is 2.41 bits per heavy atom. The van der Waals surface area contributed by atoms with Crippen molar-refractivity contribution in [3.63, 3.8) is 0 Å². The number of amides is 1. The molecule has 0 bridgehead atoms. The Bertz CT molecular complexity index is 701. The van der Waals surface area contributed by atoms with Crippen LogP contribution < -0.4 is 5.32 Å². The van der Waals surface area contributed by atoms with Gasteiger partial charge in [-0.3, -0.25) is 4.79 Å². The number of esters is 1. The van der Waals surface area contributed by atoms with Crippen molar-refractivity contribution < 1.29 is 23.1 Å². The van der Waals surface area contributed by atoms with Gasteiger partial charge >= 0.3 is 5.97 Å². The first kappa shape index (κ1) is 16.3. The van der Waals surface area contributed by atoms with Crippen LogP contribution in [0.1, 0.15) is 10.4 Å². The molecule has 0 aliphatic heterocycles. The topological polar surface area (TPSA) is 55.4 Å². The first-order valence-corrected chi connectivity index (χ1v) is 7.20. The molecule has 0 saturated carbocycles. The maximum atomic E-state index is 13.0. The van der Waals surface area contributed by atoms with E-state index in [1.165, 1.54) is 0 Å². The van der Waals surface area contributed by atoms with Gasteiger partial charge in [-0.1, -0.05) is 6.07 Å². The number of rotatable bonds is 4. The Kier molecular flexibility index (Phi) is 5.42. The lowest BCUT2D eigenvalue weighted by atomic mass is 10.2. The van der Waals surface area contributed by atoms with Gasteiger partial charge in [0.2, 0.25) is 0 Å². The van der Waals surface area contributed by atoms with Crippen molar-refractivity contribution in [3.8, 4) is 0 Å². The molecule has 7 heteroatoms. The van der Waals surface area contributed by atoms with Crippen LogP contribution in [0.3, 0.4) is 0 Å². The summed E-state index contributed by atoms with van der Waals surface area (Å²) < 4.78 is 31.6. The number of nitrogens with one attached hydrogen (secondary N) is 1. The first-order chi connectivity index (χ1) is 10.4. The van der Waals surface area contributed by atoms with Gasteiger partial charge in [0.25, 0.3) is 5.91 Å². The zero-order valence-electron chi connectivity index (χ0n) is 11.1. The van der Waals surface area contributed by atoms with Gasteiger partial charge in [0.1, 0.15) is 11.6 Å². The summed E-state index contributed by atoms with van der Waals surface area (Å²) in [5, 5.41) is 2.54. The normalized spacial score (nSPS) is 10.1. The lowest BCUT2D eigenvalue weighted by Gasteiger charge is -2.07. The van der Waals surface area contributed by atoms with Crippen LogP contribution in [0, 0.1) is 15.2 Å². The molecule has 0 atom stereocenters. The molecule has 0 spiro atoms. The average molecular weight is 417 g/mol. The van der Waals surface area contributed by atoms with E-state index >= 15 is 0 Å². The fourth-order valence-electron chi connectivity index (χ4n) is 1.65. The Morgan fingerprint density at radius 2 is 1.77 bits per heavy atom. The van der Waals surface area contributed by atoms with Crippen LogP contribution in [0.5, 0.6) is 0 Å². The van der Waals surface area contributed by atoms with Gasteiger partial charge in [0, 0.05) is 15.3 Å². The van der Waals surface area contributed by atoms with Crippen LogP contribution in [0.4, 0.5) is 14.5 Å². The molecular weight excluding hydrogens is 407 g/mol. The molecule has 2 aromatic carbocycles. The van der Waals surface area contributed by atoms with E-state index in [-0.39, 0.29) is 5.56 Å². The molecule has 1 amide bonds. The van der Waals surface area contributed by atoms with Gasteiger partial charge in [-0.25, -0.2) is 13.6 Å². The minimum atomic E-state index is -0.976. The standard InChI is InChI=1S/C15H10F2INO3/c16-10-4-9(5-11(17)6-10)15(21)22-8-14(20)19-13-3-1-2-12(18)7-13/h1-7H,8H2,(H,19,20). The van der Waals surface area contributed by atoms with Crippen LogP contribution in [0.2, 0.25) is 0 Å². The molecule has 0 aliphatic rings. The second-order valence-corrected chi connectivity index (χ2v) is 5.54. The van der Waals surface area contributed by atoms with Crippen LogP contribution in [-0.2, 0) is 9.53 Å². The summed E-state index contributed by atoms with van der Waals surface area (Å²) >= 11 is 2.09. The summed E-state index contributed by atoms with van der Waals surface area (Å²) in [5.74, 6) is -3.31. The van der Waals surface area contributed by atoms with Gasteiger partial charge in [-0.15, -0.1) is 0 Å². The highest BCUT2D eigenvalue weighted by Crippen LogP contribution is 2.12. The van der Waals surface area contributed by atoms with E-state index in [1.54, 1.807) is 18.2 Å². The van der Waals surface area contributed by atoms with Gasteiger partial charge < -0.3 is 10.1 Å². The Labute approximate surface area is 138 Å². The lowest BCUT2D eigenvalue weighted by Crippen LogP contribution is -2.21. The second kappa shape index (κ2) is 7.30. The maximum Gasteiger partial charge on any atom is 0.338 e. The number of carbonyl (C=O) groups is 2. The molecule has 0 heterocycles. The van der Waals surface area contributed by atoms with E-state index in [1.807, 2.05) is 6.07 Å². The SMILES string of the molecule is O=C(COC(=O)c1cc(F)cc(F)c1)Nc1cccc(I)c1. The molecular formula is C15H10F2INO3. The largest absolute Gasteiger partial charge is 0.452 e. The third kappa shape index (κ3) is 4.76. The highest BCUT2D eigenvalue weighted by molar-refractivity contribution is 14.1. The van der Waals surface area contributed by atoms with Crippen molar-refractivity contribution in [2.24, 2.45) is 0 Å². The van der Waals surface area contributed by atoms with E-state index in [9.17, 15) is 18.4 Å². The van der Waals surface area contributed by atoms with Crippen molar-refractivity contribution in [2.75, 3.05) is 11.9 Å². The molecule has 0 saturated heterocycles. The fourth-order valence-corrected chi connectivity index (χ4v) is 2.19. The predicted molar refractivity (Wildman–Crippen MR) is 84.4 cm³/mol. The molecule has 0 radical (unpaired) electrons. The number of carbonyl (C=O) groups excluding carboxylic acids is 2. The molecule has 2 aromatic rings. The van der Waals surface area contributed by atoms with Crippen LogP contribution in [0.25, 0.3) is 0 Å². The zero-order chi connectivity index (χ0) is 16.1. The average Bonchev–Trinajstić information content (AvgIpc) is 2.43. The molecule has 0 unspecified atom stereocenters. The molecule has 0 aliphatic carbocycles. The first-order valence-electron chi connectivity index (χ1n) is 6.12. The van der Waals surface area contributed by atoms with Crippen LogP contribution in [0.15, 0.2) is 42.5 Å². The summed E-state index contributed by atoms with van der Waals surface area (Å²) in [6.07, 6.45) is 0. The fraction of sp³-hybridized carbons (Fsp3) is 0.0667. The number of anilines is 1. The Hall–Kier alpha value is -2.03. The molecule has 2 rings (SSSR count). The van der Waals surface area contributed by atoms with Crippen molar-refractivity contribution in [1.82, 2.24) is 0 Å². The Balaban J connectivity index is 1.92. The number of ether oxygens (including phenoxy) is 1. The summed E-state index contributed by atoms with van der Waals surface area (Å²) in [6.45, 7) is -0.553. The third-order valence-corrected chi connectivity index (χ3v) is 3.21. The van der Waals surface area contributed by atoms with E-state index in [4.69, 9.17) is 4.74 Å². The number of hydrogen-bond donors (Lipinski definition) is 1. The van der Waals surface area contributed by atoms with Crippen molar-refractivity contribution in [3.05, 3.63) is 63.2 Å². The summed E-state index contributed by atoms with van der Waals surface area (Å²) in [7, 11) is 0. The second-order valence-electron chi connectivity index (χ2n) is 4.29. The summed E-state index contributed by atoms with van der Waals surface area (Å²) in [4.78, 5) is 23.3. The number of hydrogen-bond acceptors (Lipinski definition) is 3. The minimum absolute atomic E-state index is 0.292.